The first kappa shape index (κ1) is 58.5. The lowest BCUT2D eigenvalue weighted by Crippen LogP contribution is -2.45. The normalized spacial score (nSPS) is 14.6. The topological polar surface area (TPSA) is 108 Å². The van der Waals surface area contributed by atoms with Crippen LogP contribution in [0.3, 0.4) is 0 Å². The smallest absolute Gasteiger partial charge is 0.268 e. The van der Waals surface area contributed by atoms with E-state index in [4.69, 9.17) is 9.05 Å². The second kappa shape index (κ2) is 42.7. The van der Waals surface area contributed by atoms with Crippen LogP contribution in [0.2, 0.25) is 0 Å². The first-order valence-corrected chi connectivity index (χ1v) is 26.5. The second-order valence-electron chi connectivity index (χ2n) is 18.2. The average molecular weight is 865 g/mol. The van der Waals surface area contributed by atoms with Gasteiger partial charge in [0, 0.05) is 6.42 Å². The van der Waals surface area contributed by atoms with Gasteiger partial charge >= 0.3 is 0 Å². The van der Waals surface area contributed by atoms with Crippen molar-refractivity contribution in [3.05, 3.63) is 48.6 Å². The lowest BCUT2D eigenvalue weighted by Gasteiger charge is -2.29. The summed E-state index contributed by atoms with van der Waals surface area (Å²) in [7, 11) is 1.25. The van der Waals surface area contributed by atoms with Crippen LogP contribution >= 0.6 is 7.82 Å². The molecular formula is C51H97N2O6P. The maximum atomic E-state index is 12.7. The molecule has 3 atom stereocenters. The number of aliphatic hydroxyl groups excluding tert-OH is 1. The van der Waals surface area contributed by atoms with Crippen LogP contribution in [-0.2, 0) is 18.4 Å². The third-order valence-corrected chi connectivity index (χ3v) is 12.0. The fourth-order valence-electron chi connectivity index (χ4n) is 7.05. The summed E-state index contributed by atoms with van der Waals surface area (Å²) >= 11 is 0. The highest BCUT2D eigenvalue weighted by atomic mass is 31.2. The highest BCUT2D eigenvalue weighted by Gasteiger charge is 2.23. The van der Waals surface area contributed by atoms with Gasteiger partial charge in [0.2, 0.25) is 5.91 Å². The van der Waals surface area contributed by atoms with Crippen LogP contribution in [0.1, 0.15) is 219 Å². The van der Waals surface area contributed by atoms with Crippen LogP contribution < -0.4 is 10.2 Å². The molecule has 60 heavy (non-hydrogen) atoms. The van der Waals surface area contributed by atoms with Crippen molar-refractivity contribution in [2.75, 3.05) is 40.9 Å². The lowest BCUT2D eigenvalue weighted by molar-refractivity contribution is -0.870. The van der Waals surface area contributed by atoms with Gasteiger partial charge in [-0.1, -0.05) is 210 Å². The fourth-order valence-corrected chi connectivity index (χ4v) is 7.77. The maximum absolute atomic E-state index is 12.7. The number of phosphoric ester groups is 1. The zero-order valence-electron chi connectivity index (χ0n) is 39.9. The molecule has 0 saturated carbocycles. The van der Waals surface area contributed by atoms with Crippen molar-refractivity contribution < 1.29 is 32.9 Å². The average Bonchev–Trinajstić information content (AvgIpc) is 3.20. The van der Waals surface area contributed by atoms with Crippen molar-refractivity contribution in [3.8, 4) is 0 Å². The van der Waals surface area contributed by atoms with Gasteiger partial charge in [-0.3, -0.25) is 9.36 Å². The minimum Gasteiger partial charge on any atom is -0.756 e. The quantitative estimate of drug-likeness (QED) is 0.0273. The molecule has 3 unspecified atom stereocenters. The van der Waals surface area contributed by atoms with Crippen LogP contribution in [0.15, 0.2) is 48.6 Å². The van der Waals surface area contributed by atoms with E-state index in [0.717, 1.165) is 44.9 Å². The Morgan fingerprint density at radius 3 is 1.43 bits per heavy atom. The summed E-state index contributed by atoms with van der Waals surface area (Å²) in [6.07, 6.45) is 55.8. The largest absolute Gasteiger partial charge is 0.756 e. The predicted molar refractivity (Wildman–Crippen MR) is 256 cm³/mol. The van der Waals surface area contributed by atoms with E-state index in [1.165, 1.54) is 154 Å². The molecule has 0 aromatic rings. The highest BCUT2D eigenvalue weighted by molar-refractivity contribution is 7.45. The Labute approximate surface area is 371 Å². The number of likely N-dealkylation sites (N-methyl/N-ethyl adjacent to an activating group) is 1. The van der Waals surface area contributed by atoms with E-state index in [2.05, 4.69) is 48.7 Å². The van der Waals surface area contributed by atoms with E-state index in [0.29, 0.717) is 17.4 Å². The Morgan fingerprint density at radius 2 is 1.00 bits per heavy atom. The Morgan fingerprint density at radius 1 is 0.583 bits per heavy atom. The Hall–Kier alpha value is -1.54. The van der Waals surface area contributed by atoms with Crippen molar-refractivity contribution in [3.63, 3.8) is 0 Å². The van der Waals surface area contributed by atoms with Crippen molar-refractivity contribution in [1.82, 2.24) is 5.32 Å². The summed E-state index contributed by atoms with van der Waals surface area (Å²) in [6, 6.07) is -0.880. The molecule has 0 aliphatic rings. The first-order valence-electron chi connectivity index (χ1n) is 25.0. The SMILES string of the molecule is CCC/C=C/C(O)C(COP(=O)([O-])OCC[N+](C)(C)C)NC(=O)CCCCCCCCCCCCCCCCCCCCCC/C=C\C/C=C\C/C=C\CCCCCCC. The molecule has 0 spiro atoms. The molecular weight excluding hydrogens is 768 g/mol. The number of aliphatic hydroxyl groups is 1. The number of nitrogens with one attached hydrogen (secondary N) is 1. The molecule has 2 N–H and O–H groups in total. The first-order chi connectivity index (χ1) is 29.0. The molecule has 0 saturated heterocycles. The molecule has 1 amide bonds. The van der Waals surface area contributed by atoms with Crippen LogP contribution in [-0.4, -0.2) is 68.5 Å². The van der Waals surface area contributed by atoms with Gasteiger partial charge in [0.05, 0.1) is 39.9 Å². The fraction of sp³-hybridized carbons (Fsp3) is 0.824. The van der Waals surface area contributed by atoms with Crippen LogP contribution in [0.4, 0.5) is 0 Å². The van der Waals surface area contributed by atoms with Gasteiger partial charge in [0.15, 0.2) is 0 Å². The summed E-state index contributed by atoms with van der Waals surface area (Å²) in [6.45, 7) is 4.41. The number of phosphoric acid groups is 1. The summed E-state index contributed by atoms with van der Waals surface area (Å²) < 4.78 is 22.9. The number of carbonyl (C=O) groups is 1. The minimum atomic E-state index is -4.56. The van der Waals surface area contributed by atoms with Gasteiger partial charge in [-0.2, -0.15) is 0 Å². The molecule has 0 heterocycles. The van der Waals surface area contributed by atoms with E-state index >= 15 is 0 Å². The van der Waals surface area contributed by atoms with Gasteiger partial charge in [-0.15, -0.1) is 0 Å². The molecule has 9 heteroatoms. The standard InChI is InChI=1S/C51H97N2O6P/c1-6-8-10-11-12-13-14-15-16-17-18-19-20-21-22-23-24-25-26-27-28-29-30-31-32-33-34-35-36-37-38-39-40-41-43-45-51(55)52-49(50(54)44-42-9-7-2)48-59-60(56,57)58-47-46-53(3,4)5/h14-15,17-18,20-21,42,44,49-50,54H,6-13,16,19,22-41,43,45-48H2,1-5H3,(H-,52,55,56,57)/b15-14-,18-17-,21-20-,44-42+. The lowest BCUT2D eigenvalue weighted by atomic mass is 10.0. The van der Waals surface area contributed by atoms with Crippen molar-refractivity contribution in [1.29, 1.82) is 0 Å². The minimum absolute atomic E-state index is 0.00255. The Bertz CT molecular complexity index is 1120. The Kier molecular flexibility index (Phi) is 41.6. The van der Waals surface area contributed by atoms with Crippen LogP contribution in [0.5, 0.6) is 0 Å². The zero-order chi connectivity index (χ0) is 44.3. The van der Waals surface area contributed by atoms with E-state index < -0.39 is 20.0 Å². The molecule has 0 aliphatic heterocycles. The summed E-state index contributed by atoms with van der Waals surface area (Å²) in [4.78, 5) is 25.0. The van der Waals surface area contributed by atoms with E-state index in [-0.39, 0.29) is 19.1 Å². The molecule has 0 radical (unpaired) electrons. The van der Waals surface area contributed by atoms with E-state index in [1.54, 1.807) is 6.08 Å². The highest BCUT2D eigenvalue weighted by Crippen LogP contribution is 2.38. The zero-order valence-corrected chi connectivity index (χ0v) is 40.8. The molecule has 0 fully saturated rings. The van der Waals surface area contributed by atoms with Gasteiger partial charge < -0.3 is 28.8 Å². The van der Waals surface area contributed by atoms with Gasteiger partial charge in [-0.05, 0) is 51.4 Å². The van der Waals surface area contributed by atoms with Gasteiger partial charge in [0.1, 0.15) is 13.2 Å². The third kappa shape index (κ3) is 44.5. The Balaban J connectivity index is 3.69. The number of rotatable bonds is 45. The monoisotopic (exact) mass is 865 g/mol. The second-order valence-corrected chi connectivity index (χ2v) is 19.6. The number of carbonyl (C=O) groups excluding carboxylic acids is 1. The molecule has 0 aliphatic carbocycles. The van der Waals surface area contributed by atoms with Crippen molar-refractivity contribution in [2.24, 2.45) is 0 Å². The maximum Gasteiger partial charge on any atom is 0.268 e. The number of quaternary nitrogens is 1. The molecule has 0 aromatic carbocycles. The molecule has 0 bridgehead atoms. The van der Waals surface area contributed by atoms with Crippen LogP contribution in [0.25, 0.3) is 0 Å². The number of unbranched alkanes of at least 4 members (excludes halogenated alkanes) is 26. The van der Waals surface area contributed by atoms with Crippen molar-refractivity contribution >= 4 is 13.7 Å². The third-order valence-electron chi connectivity index (χ3n) is 11.0. The van der Waals surface area contributed by atoms with Gasteiger partial charge in [0.25, 0.3) is 7.82 Å². The van der Waals surface area contributed by atoms with Crippen molar-refractivity contribution in [2.45, 2.75) is 231 Å². The number of amides is 1. The summed E-state index contributed by atoms with van der Waals surface area (Å²) in [5, 5.41) is 13.4. The number of nitrogens with zero attached hydrogens (tertiary/aromatic N) is 1. The van der Waals surface area contributed by atoms with Crippen LogP contribution in [0, 0.1) is 0 Å². The molecule has 0 aromatic heterocycles. The number of hydrogen-bond acceptors (Lipinski definition) is 6. The van der Waals surface area contributed by atoms with E-state index in [1.807, 2.05) is 34.1 Å². The predicted octanol–water partition coefficient (Wildman–Crippen LogP) is 13.8. The molecule has 0 rings (SSSR count). The summed E-state index contributed by atoms with van der Waals surface area (Å²) in [5.74, 6) is -0.208. The summed E-state index contributed by atoms with van der Waals surface area (Å²) in [5.41, 5.74) is 0. The number of hydrogen-bond donors (Lipinski definition) is 2. The number of allylic oxidation sites excluding steroid dienone is 7. The van der Waals surface area contributed by atoms with Gasteiger partial charge in [-0.25, -0.2) is 0 Å². The van der Waals surface area contributed by atoms with E-state index in [9.17, 15) is 19.4 Å². The molecule has 352 valence electrons. The molecule has 8 nitrogen and oxygen atoms in total.